The Bertz CT molecular complexity index is 920. The summed E-state index contributed by atoms with van der Waals surface area (Å²) in [6.07, 6.45) is 0. The summed E-state index contributed by atoms with van der Waals surface area (Å²) in [6, 6.07) is 2.42. The summed E-state index contributed by atoms with van der Waals surface area (Å²) >= 11 is 3.12. The fourth-order valence-corrected chi connectivity index (χ4v) is 2.94. The number of methoxy groups -OCH3 is 1. The summed E-state index contributed by atoms with van der Waals surface area (Å²) in [4.78, 5) is 37.0. The van der Waals surface area contributed by atoms with Gasteiger partial charge in [-0.05, 0) is 28.1 Å². The van der Waals surface area contributed by atoms with E-state index >= 15 is 0 Å². The fraction of sp³-hybridized carbons (Fsp3) is 0.0714. The molecule has 0 saturated heterocycles. The molecule has 0 aliphatic heterocycles. The molecule has 2 rings (SSSR count). The van der Waals surface area contributed by atoms with E-state index in [1.54, 1.807) is 0 Å². The van der Waals surface area contributed by atoms with Crippen LogP contribution in [-0.2, 0) is 0 Å². The molecule has 0 bridgehead atoms. The Morgan fingerprint density at radius 3 is 2.29 bits per heavy atom. The van der Waals surface area contributed by atoms with Crippen LogP contribution in [0.25, 0.3) is 11.1 Å². The molecular formula is C14H11BrN2O7. The normalized spacial score (nSPS) is 10.4. The van der Waals surface area contributed by atoms with Crippen molar-refractivity contribution in [3.8, 4) is 22.6 Å². The van der Waals surface area contributed by atoms with Crippen molar-refractivity contribution in [3.05, 3.63) is 38.1 Å². The van der Waals surface area contributed by atoms with Gasteiger partial charge < -0.3 is 30.8 Å². The predicted molar refractivity (Wildman–Crippen MR) is 86.7 cm³/mol. The molecule has 0 aliphatic carbocycles. The number of nitrogens with one attached hydrogen (secondary N) is 1. The molecule has 0 aliphatic rings. The summed E-state index contributed by atoms with van der Waals surface area (Å²) in [5, 5.41) is 28.5. The Balaban J connectivity index is 3.06. The molecule has 0 atom stereocenters. The van der Waals surface area contributed by atoms with Gasteiger partial charge in [-0.1, -0.05) is 0 Å². The maximum Gasteiger partial charge on any atom is 0.342 e. The van der Waals surface area contributed by atoms with Gasteiger partial charge in [0.1, 0.15) is 16.9 Å². The number of hydrogen-bond acceptors (Lipinski definition) is 6. The van der Waals surface area contributed by atoms with E-state index in [0.29, 0.717) is 0 Å². The van der Waals surface area contributed by atoms with Gasteiger partial charge in [-0.2, -0.15) is 0 Å². The van der Waals surface area contributed by atoms with E-state index in [1.165, 1.54) is 19.2 Å². The van der Waals surface area contributed by atoms with Gasteiger partial charge in [-0.15, -0.1) is 0 Å². The van der Waals surface area contributed by atoms with Crippen LogP contribution in [0.4, 0.5) is 5.82 Å². The van der Waals surface area contributed by atoms with E-state index in [4.69, 9.17) is 10.5 Å². The number of nitrogen functional groups attached to an aromatic ring is 1. The number of H-pyrrole nitrogens is 1. The van der Waals surface area contributed by atoms with E-state index in [-0.39, 0.29) is 21.5 Å². The zero-order chi connectivity index (χ0) is 18.2. The van der Waals surface area contributed by atoms with Crippen molar-refractivity contribution in [2.24, 2.45) is 0 Å². The number of carbonyl (C=O) groups is 2. The number of pyridine rings is 1. The minimum absolute atomic E-state index is 0.0113. The molecule has 9 nitrogen and oxygen atoms in total. The summed E-state index contributed by atoms with van der Waals surface area (Å²) in [7, 11) is 1.26. The van der Waals surface area contributed by atoms with Crippen LogP contribution in [0.3, 0.4) is 0 Å². The van der Waals surface area contributed by atoms with Crippen molar-refractivity contribution >= 4 is 33.7 Å². The maximum absolute atomic E-state index is 12.0. The quantitative estimate of drug-likeness (QED) is 0.516. The van der Waals surface area contributed by atoms with E-state index in [1.807, 2.05) is 4.98 Å². The molecule has 0 amide bonds. The summed E-state index contributed by atoms with van der Waals surface area (Å²) in [5.41, 5.74) is 2.73. The lowest BCUT2D eigenvalue weighted by Crippen LogP contribution is -2.24. The van der Waals surface area contributed by atoms with Crippen LogP contribution in [0.15, 0.2) is 21.4 Å². The van der Waals surface area contributed by atoms with E-state index < -0.39 is 40.0 Å². The lowest BCUT2D eigenvalue weighted by Gasteiger charge is -2.15. The van der Waals surface area contributed by atoms with Gasteiger partial charge in [0.05, 0.1) is 11.6 Å². The maximum atomic E-state index is 12.0. The molecule has 126 valence electrons. The molecule has 10 heteroatoms. The first kappa shape index (κ1) is 17.3. The number of halogens is 1. The number of rotatable bonds is 4. The van der Waals surface area contributed by atoms with Crippen molar-refractivity contribution in [2.45, 2.75) is 0 Å². The molecule has 0 radical (unpaired) electrons. The Morgan fingerprint density at radius 2 is 1.79 bits per heavy atom. The van der Waals surface area contributed by atoms with Gasteiger partial charge >= 0.3 is 11.9 Å². The second-order valence-corrected chi connectivity index (χ2v) is 5.38. The SMILES string of the molecule is COc1c(O)ccc(-c2c(C(=O)O)c(N)[nH]c(=O)c2C(=O)O)c1Br. The highest BCUT2D eigenvalue weighted by Gasteiger charge is 2.28. The molecule has 6 N–H and O–H groups in total. The number of carboxylic acid groups (broad SMARTS) is 2. The van der Waals surface area contributed by atoms with Crippen LogP contribution in [0.2, 0.25) is 0 Å². The van der Waals surface area contributed by atoms with Crippen LogP contribution < -0.4 is 16.0 Å². The second kappa shape index (κ2) is 6.24. The largest absolute Gasteiger partial charge is 0.504 e. The molecule has 0 fully saturated rings. The third kappa shape index (κ3) is 2.67. The standard InChI is InChI=1S/C14H11BrN2O7/c1-24-10-5(18)3-2-4(9(10)15)6-7(13(20)21)11(16)17-12(19)8(6)14(22)23/h2-3,18H,1H3,(H,20,21)(H,22,23)(H3,16,17,19). The molecule has 1 heterocycles. The van der Waals surface area contributed by atoms with Crippen molar-refractivity contribution in [2.75, 3.05) is 12.8 Å². The zero-order valence-corrected chi connectivity index (χ0v) is 13.7. The number of aromatic amines is 1. The van der Waals surface area contributed by atoms with Gasteiger partial charge in [-0.25, -0.2) is 9.59 Å². The molecule has 0 spiro atoms. The van der Waals surface area contributed by atoms with Crippen LogP contribution >= 0.6 is 15.9 Å². The number of ether oxygens (including phenoxy) is 1. The number of phenolic OH excluding ortho intramolecular Hbond substituents is 1. The number of nitrogens with two attached hydrogens (primary N) is 1. The first-order chi connectivity index (χ1) is 11.2. The van der Waals surface area contributed by atoms with Crippen molar-refractivity contribution in [3.63, 3.8) is 0 Å². The number of hydrogen-bond donors (Lipinski definition) is 5. The Morgan fingerprint density at radius 1 is 1.21 bits per heavy atom. The van der Waals surface area contributed by atoms with Gasteiger partial charge in [0.15, 0.2) is 11.5 Å². The monoisotopic (exact) mass is 398 g/mol. The van der Waals surface area contributed by atoms with Crippen molar-refractivity contribution < 1.29 is 29.6 Å². The number of anilines is 1. The highest BCUT2D eigenvalue weighted by molar-refractivity contribution is 9.10. The van der Waals surface area contributed by atoms with Gasteiger partial charge in [0, 0.05) is 11.1 Å². The molecule has 2 aromatic rings. The van der Waals surface area contributed by atoms with Gasteiger partial charge in [-0.3, -0.25) is 4.79 Å². The highest BCUT2D eigenvalue weighted by atomic mass is 79.9. The van der Waals surface area contributed by atoms with Gasteiger partial charge in [0.2, 0.25) is 0 Å². The topological polar surface area (TPSA) is 163 Å². The Hall–Kier alpha value is -3.01. The number of aromatic nitrogens is 1. The first-order valence-corrected chi connectivity index (χ1v) is 7.08. The summed E-state index contributed by atoms with van der Waals surface area (Å²) in [5.74, 6) is -3.97. The molecular weight excluding hydrogens is 388 g/mol. The van der Waals surface area contributed by atoms with E-state index in [2.05, 4.69) is 15.9 Å². The summed E-state index contributed by atoms with van der Waals surface area (Å²) < 4.78 is 5.06. The molecule has 0 unspecified atom stereocenters. The third-order valence-electron chi connectivity index (χ3n) is 3.22. The molecule has 0 saturated carbocycles. The van der Waals surface area contributed by atoms with Gasteiger partial charge in [0.25, 0.3) is 5.56 Å². The Kier molecular flexibility index (Phi) is 4.51. The average Bonchev–Trinajstić information content (AvgIpc) is 2.46. The number of phenols is 1. The molecule has 1 aromatic carbocycles. The number of aromatic carboxylic acids is 2. The van der Waals surface area contributed by atoms with Crippen molar-refractivity contribution in [1.82, 2.24) is 4.98 Å². The van der Waals surface area contributed by atoms with Crippen LogP contribution in [0, 0.1) is 0 Å². The number of benzene rings is 1. The van der Waals surface area contributed by atoms with Crippen LogP contribution in [-0.4, -0.2) is 39.4 Å². The molecule has 1 aromatic heterocycles. The lowest BCUT2D eigenvalue weighted by atomic mass is 9.95. The van der Waals surface area contributed by atoms with Crippen molar-refractivity contribution in [1.29, 1.82) is 0 Å². The zero-order valence-electron chi connectivity index (χ0n) is 12.1. The third-order valence-corrected chi connectivity index (χ3v) is 4.01. The fourth-order valence-electron chi connectivity index (χ4n) is 2.25. The Labute approximate surface area is 142 Å². The van der Waals surface area contributed by atoms with Crippen LogP contribution in [0.5, 0.6) is 11.5 Å². The van der Waals surface area contributed by atoms with Crippen LogP contribution in [0.1, 0.15) is 20.7 Å². The second-order valence-electron chi connectivity index (χ2n) is 4.58. The smallest absolute Gasteiger partial charge is 0.342 e. The lowest BCUT2D eigenvalue weighted by molar-refractivity contribution is 0.0695. The average molecular weight is 399 g/mol. The van der Waals surface area contributed by atoms with E-state index in [0.717, 1.165) is 0 Å². The number of aromatic hydroxyl groups is 1. The first-order valence-electron chi connectivity index (χ1n) is 6.28. The minimum atomic E-state index is -1.63. The molecule has 24 heavy (non-hydrogen) atoms. The highest BCUT2D eigenvalue weighted by Crippen LogP contribution is 2.43. The summed E-state index contributed by atoms with van der Waals surface area (Å²) in [6.45, 7) is 0. The number of carboxylic acids is 2. The van der Waals surface area contributed by atoms with E-state index in [9.17, 15) is 29.7 Å². The minimum Gasteiger partial charge on any atom is -0.504 e. The predicted octanol–water partition coefficient (Wildman–Crippen LogP) is 1.50.